The molecule has 0 aliphatic carbocycles. The Kier molecular flexibility index (Phi) is 3.75. The van der Waals surface area contributed by atoms with Gasteiger partial charge in [-0.25, -0.2) is 9.97 Å². The Bertz CT molecular complexity index is 833. The minimum absolute atomic E-state index is 0.0454. The fraction of sp³-hybridized carbons (Fsp3) is 0.235. The highest BCUT2D eigenvalue weighted by Crippen LogP contribution is 2.30. The highest BCUT2D eigenvalue weighted by atomic mass is 32.2. The Hall–Kier alpha value is -2.34. The van der Waals surface area contributed by atoms with Gasteiger partial charge in [0.1, 0.15) is 0 Å². The first-order chi connectivity index (χ1) is 11.3. The molecule has 116 valence electrons. The van der Waals surface area contributed by atoms with Crippen LogP contribution >= 0.6 is 11.8 Å². The lowest BCUT2D eigenvalue weighted by atomic mass is 10.1. The van der Waals surface area contributed by atoms with E-state index < -0.39 is 0 Å². The van der Waals surface area contributed by atoms with Gasteiger partial charge < -0.3 is 9.30 Å². The van der Waals surface area contributed by atoms with Crippen molar-refractivity contribution in [2.45, 2.75) is 6.04 Å². The quantitative estimate of drug-likeness (QED) is 0.727. The first kappa shape index (κ1) is 14.3. The van der Waals surface area contributed by atoms with E-state index in [4.69, 9.17) is 0 Å². The van der Waals surface area contributed by atoms with Crippen molar-refractivity contribution in [1.29, 1.82) is 0 Å². The predicted molar refractivity (Wildman–Crippen MR) is 90.5 cm³/mol. The number of carbonyl (C=O) groups is 1. The number of benzene rings is 1. The van der Waals surface area contributed by atoms with Crippen LogP contribution in [0.25, 0.3) is 5.65 Å². The second-order valence-corrected chi connectivity index (χ2v) is 6.58. The van der Waals surface area contributed by atoms with Crippen LogP contribution in [0.5, 0.6) is 0 Å². The van der Waals surface area contributed by atoms with Crippen LogP contribution in [0.1, 0.15) is 22.1 Å². The number of thioether (sulfide) groups is 1. The molecule has 1 saturated heterocycles. The summed E-state index contributed by atoms with van der Waals surface area (Å²) in [6.07, 6.45) is 6.97. The smallest absolute Gasteiger partial charge is 0.276 e. The van der Waals surface area contributed by atoms with E-state index in [1.54, 1.807) is 18.6 Å². The first-order valence-electron chi connectivity index (χ1n) is 7.56. The molecule has 0 unspecified atom stereocenters. The predicted octanol–water partition coefficient (Wildman–Crippen LogP) is 2.66. The van der Waals surface area contributed by atoms with E-state index in [1.807, 2.05) is 45.5 Å². The number of amides is 1. The van der Waals surface area contributed by atoms with E-state index in [0.717, 1.165) is 18.1 Å². The van der Waals surface area contributed by atoms with E-state index in [0.29, 0.717) is 11.3 Å². The maximum atomic E-state index is 13.1. The molecule has 1 amide bonds. The fourth-order valence-corrected chi connectivity index (χ4v) is 4.03. The average molecular weight is 324 g/mol. The molecule has 1 atom stereocenters. The van der Waals surface area contributed by atoms with Gasteiger partial charge in [0.2, 0.25) is 0 Å². The van der Waals surface area contributed by atoms with Crippen LogP contribution in [-0.2, 0) is 0 Å². The van der Waals surface area contributed by atoms with E-state index in [9.17, 15) is 4.79 Å². The minimum atomic E-state index is -0.0454. The summed E-state index contributed by atoms with van der Waals surface area (Å²) in [6, 6.07) is 10.3. The number of imidazole rings is 1. The van der Waals surface area contributed by atoms with E-state index in [1.165, 1.54) is 5.56 Å². The summed E-state index contributed by atoms with van der Waals surface area (Å²) < 4.78 is 1.83. The molecular weight excluding hydrogens is 308 g/mol. The summed E-state index contributed by atoms with van der Waals surface area (Å²) >= 11 is 1.88. The summed E-state index contributed by atoms with van der Waals surface area (Å²) in [5, 5.41) is 0. The van der Waals surface area contributed by atoms with E-state index in [-0.39, 0.29) is 11.9 Å². The number of carbonyl (C=O) groups excluding carboxylic acids is 1. The van der Waals surface area contributed by atoms with Crippen molar-refractivity contribution < 1.29 is 4.79 Å². The van der Waals surface area contributed by atoms with Crippen LogP contribution in [0.2, 0.25) is 0 Å². The molecule has 0 spiro atoms. The van der Waals surface area contributed by atoms with Crippen molar-refractivity contribution >= 4 is 23.3 Å². The molecule has 6 heteroatoms. The van der Waals surface area contributed by atoms with Crippen LogP contribution in [0.15, 0.2) is 55.1 Å². The van der Waals surface area contributed by atoms with Gasteiger partial charge in [0.15, 0.2) is 11.3 Å². The second kappa shape index (κ2) is 6.04. The summed E-state index contributed by atoms with van der Waals surface area (Å²) in [6.45, 7) is 0.729. The van der Waals surface area contributed by atoms with Crippen molar-refractivity contribution in [1.82, 2.24) is 19.3 Å². The van der Waals surface area contributed by atoms with Crippen molar-refractivity contribution in [2.75, 3.05) is 18.1 Å². The molecule has 23 heavy (non-hydrogen) atoms. The lowest BCUT2D eigenvalue weighted by Gasteiger charge is -2.35. The number of fused-ring (bicyclic) bond motifs is 1. The maximum Gasteiger partial charge on any atom is 0.276 e. The summed E-state index contributed by atoms with van der Waals surface area (Å²) in [5.74, 6) is 1.82. The molecule has 4 rings (SSSR count). The molecule has 3 aromatic rings. The van der Waals surface area contributed by atoms with Crippen LogP contribution in [0, 0.1) is 0 Å². The molecule has 0 bridgehead atoms. The van der Waals surface area contributed by atoms with Gasteiger partial charge in [-0.3, -0.25) is 4.79 Å². The van der Waals surface area contributed by atoms with Gasteiger partial charge >= 0.3 is 0 Å². The van der Waals surface area contributed by atoms with E-state index in [2.05, 4.69) is 22.1 Å². The average Bonchev–Trinajstić information content (AvgIpc) is 3.10. The molecule has 2 aromatic heterocycles. The van der Waals surface area contributed by atoms with E-state index >= 15 is 0 Å². The molecule has 1 aliphatic heterocycles. The molecule has 5 nitrogen and oxygen atoms in total. The third-order valence-electron chi connectivity index (χ3n) is 4.09. The van der Waals surface area contributed by atoms with Gasteiger partial charge in [-0.2, -0.15) is 11.8 Å². The number of hydrogen-bond donors (Lipinski definition) is 0. The zero-order chi connectivity index (χ0) is 15.6. The normalized spacial score (nSPS) is 18.3. The highest BCUT2D eigenvalue weighted by Gasteiger charge is 2.30. The lowest BCUT2D eigenvalue weighted by molar-refractivity contribution is 0.0697. The molecule has 3 heterocycles. The minimum Gasteiger partial charge on any atom is -0.328 e. The molecular formula is C17H16N4OS. The zero-order valence-electron chi connectivity index (χ0n) is 12.5. The topological polar surface area (TPSA) is 50.5 Å². The highest BCUT2D eigenvalue weighted by molar-refractivity contribution is 7.99. The standard InChI is InChI=1S/C17H16N4OS/c22-17(15-16-19-7-9-20(16)8-6-18-15)21-10-11-23-12-14(21)13-4-2-1-3-5-13/h1-9,14H,10-12H2/t14-/m0/s1. The molecule has 0 radical (unpaired) electrons. The van der Waals surface area contributed by atoms with Gasteiger partial charge in [-0.05, 0) is 5.56 Å². The molecule has 0 saturated carbocycles. The largest absolute Gasteiger partial charge is 0.328 e. The Morgan fingerprint density at radius 3 is 2.74 bits per heavy atom. The number of aromatic nitrogens is 3. The van der Waals surface area contributed by atoms with Crippen molar-refractivity contribution in [3.8, 4) is 0 Å². The van der Waals surface area contributed by atoms with Crippen molar-refractivity contribution in [3.05, 3.63) is 66.4 Å². The Labute approximate surface area is 138 Å². The van der Waals surface area contributed by atoms with Crippen molar-refractivity contribution in [2.24, 2.45) is 0 Å². The number of rotatable bonds is 2. The summed E-state index contributed by atoms with van der Waals surface area (Å²) in [4.78, 5) is 23.6. The van der Waals surface area contributed by atoms with Crippen molar-refractivity contribution in [3.63, 3.8) is 0 Å². The SMILES string of the molecule is O=C(c1nccn2ccnc12)N1CCSC[C@H]1c1ccccc1. The Morgan fingerprint density at radius 1 is 1.13 bits per heavy atom. The Morgan fingerprint density at radius 2 is 1.91 bits per heavy atom. The second-order valence-electron chi connectivity index (χ2n) is 5.43. The van der Waals surface area contributed by atoms with Crippen LogP contribution in [0.4, 0.5) is 0 Å². The number of hydrogen-bond acceptors (Lipinski definition) is 4. The summed E-state index contributed by atoms with van der Waals surface area (Å²) in [7, 11) is 0. The maximum absolute atomic E-state index is 13.1. The monoisotopic (exact) mass is 324 g/mol. The third kappa shape index (κ3) is 2.59. The van der Waals surface area contributed by atoms with Crippen LogP contribution in [-0.4, -0.2) is 43.2 Å². The molecule has 1 aliphatic rings. The third-order valence-corrected chi connectivity index (χ3v) is 5.11. The van der Waals surface area contributed by atoms with Crippen LogP contribution in [0.3, 0.4) is 0 Å². The van der Waals surface area contributed by atoms with Gasteiger partial charge in [0.05, 0.1) is 6.04 Å². The van der Waals surface area contributed by atoms with Gasteiger partial charge in [-0.15, -0.1) is 0 Å². The summed E-state index contributed by atoms with van der Waals surface area (Å²) in [5.41, 5.74) is 2.20. The zero-order valence-corrected chi connectivity index (χ0v) is 13.3. The van der Waals surface area contributed by atoms with Gasteiger partial charge in [0.25, 0.3) is 5.91 Å². The first-order valence-corrected chi connectivity index (χ1v) is 8.71. The number of nitrogens with zero attached hydrogens (tertiary/aromatic N) is 4. The molecule has 1 aromatic carbocycles. The Balaban J connectivity index is 1.72. The van der Waals surface area contributed by atoms with Gasteiger partial charge in [0, 0.05) is 42.8 Å². The molecule has 0 N–H and O–H groups in total. The molecule has 1 fully saturated rings. The van der Waals surface area contributed by atoms with Gasteiger partial charge in [-0.1, -0.05) is 30.3 Å². The van der Waals surface area contributed by atoms with Crippen LogP contribution < -0.4 is 0 Å². The lowest BCUT2D eigenvalue weighted by Crippen LogP contribution is -2.41. The fourth-order valence-electron chi connectivity index (χ4n) is 2.94.